The molecule has 1 fully saturated rings. The summed E-state index contributed by atoms with van der Waals surface area (Å²) in [6.45, 7) is 4.55. The molecule has 0 atom stereocenters. The molecule has 0 spiro atoms. The van der Waals surface area contributed by atoms with Crippen LogP contribution in [0.25, 0.3) is 10.6 Å². The van der Waals surface area contributed by atoms with Crippen molar-refractivity contribution in [1.82, 2.24) is 15.2 Å². The molecule has 0 bridgehead atoms. The van der Waals surface area contributed by atoms with Crippen LogP contribution in [0.2, 0.25) is 0 Å². The Bertz CT molecular complexity index is 544. The Labute approximate surface area is 131 Å². The summed E-state index contributed by atoms with van der Waals surface area (Å²) in [6.07, 6.45) is 2.60. The first-order valence-corrected chi connectivity index (χ1v) is 8.60. The van der Waals surface area contributed by atoms with Gasteiger partial charge in [0.05, 0.1) is 5.69 Å². The van der Waals surface area contributed by atoms with Crippen molar-refractivity contribution in [2.24, 2.45) is 5.92 Å². The van der Waals surface area contributed by atoms with Crippen molar-refractivity contribution < 1.29 is 0 Å². The summed E-state index contributed by atoms with van der Waals surface area (Å²) >= 11 is 1.75. The highest BCUT2D eigenvalue weighted by Gasteiger charge is 2.19. The zero-order valence-electron chi connectivity index (χ0n) is 12.6. The largest absolute Gasteiger partial charge is 0.319 e. The number of likely N-dealkylation sites (tertiary alicyclic amines) is 1. The highest BCUT2D eigenvalue weighted by Crippen LogP contribution is 2.25. The van der Waals surface area contributed by atoms with Crippen LogP contribution in [0.4, 0.5) is 0 Å². The number of aromatic nitrogens is 1. The van der Waals surface area contributed by atoms with Gasteiger partial charge in [0, 0.05) is 17.5 Å². The second-order valence-corrected chi connectivity index (χ2v) is 6.65. The highest BCUT2D eigenvalue weighted by molar-refractivity contribution is 7.13. The average Bonchev–Trinajstić information content (AvgIpc) is 2.99. The van der Waals surface area contributed by atoms with E-state index in [0.29, 0.717) is 0 Å². The lowest BCUT2D eigenvalue weighted by Crippen LogP contribution is -2.36. The summed E-state index contributed by atoms with van der Waals surface area (Å²) in [7, 11) is 2.05. The molecule has 2 aromatic rings. The van der Waals surface area contributed by atoms with E-state index < -0.39 is 0 Å². The number of benzene rings is 1. The number of thiazole rings is 1. The molecular weight excluding hydrogens is 278 g/mol. The van der Waals surface area contributed by atoms with Crippen molar-refractivity contribution in [3.63, 3.8) is 0 Å². The Morgan fingerprint density at radius 1 is 1.24 bits per heavy atom. The lowest BCUT2D eigenvalue weighted by molar-refractivity contribution is 0.175. The standard InChI is InChI=1S/C17H23N3S/c1-18-11-14-7-9-20(10-8-14)12-16-13-21-17(19-16)15-5-3-2-4-6-15/h2-6,13-14,18H,7-12H2,1H3. The lowest BCUT2D eigenvalue weighted by Gasteiger charge is -2.31. The molecule has 0 aliphatic carbocycles. The Hall–Kier alpha value is -1.23. The van der Waals surface area contributed by atoms with E-state index in [1.807, 2.05) is 13.1 Å². The van der Waals surface area contributed by atoms with Gasteiger partial charge in [0.2, 0.25) is 0 Å². The second kappa shape index (κ2) is 7.16. The van der Waals surface area contributed by atoms with Crippen molar-refractivity contribution in [3.05, 3.63) is 41.4 Å². The first kappa shape index (κ1) is 14.7. The van der Waals surface area contributed by atoms with Crippen LogP contribution in [0.1, 0.15) is 18.5 Å². The maximum absolute atomic E-state index is 4.79. The molecule has 112 valence electrons. The second-order valence-electron chi connectivity index (χ2n) is 5.79. The average molecular weight is 301 g/mol. The van der Waals surface area contributed by atoms with E-state index >= 15 is 0 Å². The molecule has 3 nitrogen and oxygen atoms in total. The fraction of sp³-hybridized carbons (Fsp3) is 0.471. The molecule has 0 amide bonds. The monoisotopic (exact) mass is 301 g/mol. The number of nitrogens with one attached hydrogen (secondary N) is 1. The normalized spacial score (nSPS) is 17.2. The minimum atomic E-state index is 0.849. The van der Waals surface area contributed by atoms with Gasteiger partial charge in [-0.15, -0.1) is 11.3 Å². The highest BCUT2D eigenvalue weighted by atomic mass is 32.1. The van der Waals surface area contributed by atoms with Crippen LogP contribution in [0.5, 0.6) is 0 Å². The number of hydrogen-bond donors (Lipinski definition) is 1. The van der Waals surface area contributed by atoms with Gasteiger partial charge < -0.3 is 5.32 Å². The molecule has 1 aliphatic rings. The first-order chi connectivity index (χ1) is 10.3. The van der Waals surface area contributed by atoms with Crippen molar-refractivity contribution in [2.75, 3.05) is 26.7 Å². The SMILES string of the molecule is CNCC1CCN(Cc2csc(-c3ccccc3)n2)CC1. The van der Waals surface area contributed by atoms with Crippen molar-refractivity contribution in [1.29, 1.82) is 0 Å². The van der Waals surface area contributed by atoms with Crippen LogP contribution >= 0.6 is 11.3 Å². The van der Waals surface area contributed by atoms with Crippen LogP contribution in [-0.4, -0.2) is 36.6 Å². The summed E-state index contributed by atoms with van der Waals surface area (Å²) in [5.74, 6) is 0.849. The Kier molecular flexibility index (Phi) is 5.01. The molecule has 1 aliphatic heterocycles. The molecular formula is C17H23N3S. The third-order valence-electron chi connectivity index (χ3n) is 4.16. The van der Waals surface area contributed by atoms with Crippen molar-refractivity contribution in [3.8, 4) is 10.6 Å². The number of nitrogens with zero attached hydrogens (tertiary/aromatic N) is 2. The lowest BCUT2D eigenvalue weighted by atomic mass is 9.97. The van der Waals surface area contributed by atoms with Crippen molar-refractivity contribution in [2.45, 2.75) is 19.4 Å². The third-order valence-corrected chi connectivity index (χ3v) is 5.10. The van der Waals surface area contributed by atoms with Gasteiger partial charge in [-0.3, -0.25) is 4.90 Å². The van der Waals surface area contributed by atoms with Gasteiger partial charge in [0.15, 0.2) is 0 Å². The quantitative estimate of drug-likeness (QED) is 0.919. The topological polar surface area (TPSA) is 28.2 Å². The minimum absolute atomic E-state index is 0.849. The number of hydrogen-bond acceptors (Lipinski definition) is 4. The van der Waals surface area contributed by atoms with Gasteiger partial charge >= 0.3 is 0 Å². The zero-order chi connectivity index (χ0) is 14.5. The maximum Gasteiger partial charge on any atom is 0.123 e. The van der Waals surface area contributed by atoms with Gasteiger partial charge in [-0.05, 0) is 45.4 Å². The molecule has 4 heteroatoms. The Balaban J connectivity index is 1.56. The molecule has 21 heavy (non-hydrogen) atoms. The fourth-order valence-electron chi connectivity index (χ4n) is 2.96. The fourth-order valence-corrected chi connectivity index (χ4v) is 3.78. The molecule has 1 saturated heterocycles. The van der Waals surface area contributed by atoms with Crippen LogP contribution in [-0.2, 0) is 6.54 Å². The zero-order valence-corrected chi connectivity index (χ0v) is 13.4. The maximum atomic E-state index is 4.79. The van der Waals surface area contributed by atoms with Crippen LogP contribution < -0.4 is 5.32 Å². The van der Waals surface area contributed by atoms with Crippen molar-refractivity contribution >= 4 is 11.3 Å². The van der Waals surface area contributed by atoms with Crippen LogP contribution in [0.3, 0.4) is 0 Å². The number of piperidine rings is 1. The molecule has 2 heterocycles. The minimum Gasteiger partial charge on any atom is -0.319 e. The van der Waals surface area contributed by atoms with Gasteiger partial charge in [-0.2, -0.15) is 0 Å². The van der Waals surface area contributed by atoms with E-state index in [1.165, 1.54) is 37.2 Å². The van der Waals surface area contributed by atoms with E-state index in [-0.39, 0.29) is 0 Å². The van der Waals surface area contributed by atoms with Gasteiger partial charge in [0.25, 0.3) is 0 Å². The third kappa shape index (κ3) is 3.90. The summed E-state index contributed by atoms with van der Waals surface area (Å²) in [6, 6.07) is 10.5. The van der Waals surface area contributed by atoms with E-state index in [2.05, 4.69) is 39.9 Å². The molecule has 1 aromatic carbocycles. The predicted molar refractivity (Wildman–Crippen MR) is 89.5 cm³/mol. The van der Waals surface area contributed by atoms with E-state index in [4.69, 9.17) is 4.98 Å². The van der Waals surface area contributed by atoms with Crippen LogP contribution in [0.15, 0.2) is 35.7 Å². The van der Waals surface area contributed by atoms with Gasteiger partial charge in [-0.1, -0.05) is 30.3 Å². The Morgan fingerprint density at radius 3 is 2.71 bits per heavy atom. The van der Waals surface area contributed by atoms with Gasteiger partial charge in [-0.25, -0.2) is 4.98 Å². The summed E-state index contributed by atoms with van der Waals surface area (Å²) in [5.41, 5.74) is 2.44. The number of rotatable bonds is 5. The van der Waals surface area contributed by atoms with Crippen LogP contribution in [0, 0.1) is 5.92 Å². The smallest absolute Gasteiger partial charge is 0.123 e. The predicted octanol–water partition coefficient (Wildman–Crippen LogP) is 3.24. The van der Waals surface area contributed by atoms with E-state index in [1.54, 1.807) is 11.3 Å². The molecule has 3 rings (SSSR count). The molecule has 1 aromatic heterocycles. The van der Waals surface area contributed by atoms with Gasteiger partial charge in [0.1, 0.15) is 5.01 Å². The summed E-state index contributed by atoms with van der Waals surface area (Å²) in [4.78, 5) is 7.33. The molecule has 0 unspecified atom stereocenters. The van der Waals surface area contributed by atoms with E-state index in [0.717, 1.165) is 24.0 Å². The summed E-state index contributed by atoms with van der Waals surface area (Å²) < 4.78 is 0. The molecule has 0 saturated carbocycles. The molecule has 1 N–H and O–H groups in total. The van der Waals surface area contributed by atoms with E-state index in [9.17, 15) is 0 Å². The Morgan fingerprint density at radius 2 is 2.00 bits per heavy atom. The first-order valence-electron chi connectivity index (χ1n) is 7.72. The molecule has 0 radical (unpaired) electrons. The summed E-state index contributed by atoms with van der Waals surface area (Å²) in [5, 5.41) is 6.64.